The number of hydrogen-bond donors (Lipinski definition) is 1. The molecule has 0 aliphatic rings. The van der Waals surface area contributed by atoms with Crippen LogP contribution in [0.15, 0.2) is 22.7 Å². The first-order valence-corrected chi connectivity index (χ1v) is 6.54. The third kappa shape index (κ3) is 4.14. The van der Waals surface area contributed by atoms with Gasteiger partial charge in [0.25, 0.3) is 0 Å². The van der Waals surface area contributed by atoms with Crippen molar-refractivity contribution in [3.63, 3.8) is 0 Å². The van der Waals surface area contributed by atoms with E-state index in [9.17, 15) is 0 Å². The second kappa shape index (κ2) is 6.92. The number of benzene rings is 1. The van der Waals surface area contributed by atoms with Gasteiger partial charge in [-0.1, -0.05) is 29.3 Å². The Balaban J connectivity index is 2.65. The quantitative estimate of drug-likeness (QED) is 0.864. The Labute approximate surface area is 107 Å². The SMILES string of the molecule is CCCC(CNC)Oc1ccc(Br)c(C)c1. The van der Waals surface area contributed by atoms with Gasteiger partial charge in [-0.25, -0.2) is 0 Å². The van der Waals surface area contributed by atoms with Gasteiger partial charge in [-0.2, -0.15) is 0 Å². The zero-order valence-corrected chi connectivity index (χ0v) is 11.8. The summed E-state index contributed by atoms with van der Waals surface area (Å²) in [7, 11) is 1.96. The molecule has 0 amide bonds. The molecule has 0 saturated carbocycles. The van der Waals surface area contributed by atoms with Gasteiger partial charge in [0.2, 0.25) is 0 Å². The van der Waals surface area contributed by atoms with E-state index in [0.717, 1.165) is 29.6 Å². The van der Waals surface area contributed by atoms with E-state index in [-0.39, 0.29) is 6.10 Å². The third-order valence-corrected chi connectivity index (χ3v) is 3.36. The summed E-state index contributed by atoms with van der Waals surface area (Å²) in [5.41, 5.74) is 1.21. The zero-order valence-electron chi connectivity index (χ0n) is 10.2. The Bertz CT molecular complexity index is 322. The number of ether oxygens (including phenoxy) is 1. The van der Waals surface area contributed by atoms with Crippen LogP contribution < -0.4 is 10.1 Å². The van der Waals surface area contributed by atoms with Gasteiger partial charge in [0, 0.05) is 11.0 Å². The molecule has 0 saturated heterocycles. The lowest BCUT2D eigenvalue weighted by Gasteiger charge is -2.18. The number of rotatable bonds is 6. The minimum Gasteiger partial charge on any atom is -0.489 e. The Morgan fingerprint density at radius 1 is 1.44 bits per heavy atom. The average molecular weight is 286 g/mol. The lowest BCUT2D eigenvalue weighted by molar-refractivity contribution is 0.189. The Morgan fingerprint density at radius 3 is 2.75 bits per heavy atom. The summed E-state index contributed by atoms with van der Waals surface area (Å²) in [6, 6.07) is 6.12. The van der Waals surface area contributed by atoms with Crippen molar-refractivity contribution in [1.29, 1.82) is 0 Å². The van der Waals surface area contributed by atoms with Crippen LogP contribution in [0, 0.1) is 6.92 Å². The summed E-state index contributed by atoms with van der Waals surface area (Å²) >= 11 is 3.49. The lowest BCUT2D eigenvalue weighted by atomic mass is 10.2. The van der Waals surface area contributed by atoms with Crippen LogP contribution in [-0.2, 0) is 0 Å². The molecule has 0 bridgehead atoms. The number of nitrogens with one attached hydrogen (secondary N) is 1. The number of aryl methyl sites for hydroxylation is 1. The van der Waals surface area contributed by atoms with Crippen LogP contribution in [-0.4, -0.2) is 19.7 Å². The predicted octanol–water partition coefficient (Wildman–Crippen LogP) is 3.52. The van der Waals surface area contributed by atoms with Gasteiger partial charge >= 0.3 is 0 Å². The van der Waals surface area contributed by atoms with E-state index in [0.29, 0.717) is 0 Å². The third-order valence-electron chi connectivity index (χ3n) is 2.47. The van der Waals surface area contributed by atoms with Crippen molar-refractivity contribution >= 4 is 15.9 Å². The van der Waals surface area contributed by atoms with Gasteiger partial charge in [0.05, 0.1) is 0 Å². The molecule has 1 unspecified atom stereocenters. The fourth-order valence-corrected chi connectivity index (χ4v) is 1.88. The summed E-state index contributed by atoms with van der Waals surface area (Å²) < 4.78 is 7.07. The molecule has 1 N–H and O–H groups in total. The molecular weight excluding hydrogens is 266 g/mol. The largest absolute Gasteiger partial charge is 0.489 e. The summed E-state index contributed by atoms with van der Waals surface area (Å²) in [5, 5.41) is 3.16. The van der Waals surface area contributed by atoms with Gasteiger partial charge in [-0.15, -0.1) is 0 Å². The molecule has 1 atom stereocenters. The van der Waals surface area contributed by atoms with E-state index in [4.69, 9.17) is 4.74 Å². The highest BCUT2D eigenvalue weighted by Crippen LogP contribution is 2.22. The maximum Gasteiger partial charge on any atom is 0.120 e. The molecule has 3 heteroatoms. The van der Waals surface area contributed by atoms with Gasteiger partial charge in [-0.3, -0.25) is 0 Å². The normalized spacial score (nSPS) is 12.5. The van der Waals surface area contributed by atoms with Crippen LogP contribution in [0.3, 0.4) is 0 Å². The fraction of sp³-hybridized carbons (Fsp3) is 0.538. The highest BCUT2D eigenvalue weighted by atomic mass is 79.9. The minimum atomic E-state index is 0.260. The Hall–Kier alpha value is -0.540. The molecule has 1 rings (SSSR count). The first kappa shape index (κ1) is 13.5. The summed E-state index contributed by atoms with van der Waals surface area (Å²) in [6.07, 6.45) is 2.48. The van der Waals surface area contributed by atoms with Crippen LogP contribution in [0.1, 0.15) is 25.3 Å². The summed E-state index contributed by atoms with van der Waals surface area (Å²) in [5.74, 6) is 0.953. The van der Waals surface area contributed by atoms with Crippen molar-refractivity contribution in [2.24, 2.45) is 0 Å². The van der Waals surface area contributed by atoms with Crippen molar-refractivity contribution in [3.05, 3.63) is 28.2 Å². The second-order valence-electron chi connectivity index (χ2n) is 4.00. The molecule has 1 aromatic carbocycles. The molecule has 0 spiro atoms. The molecule has 0 fully saturated rings. The number of halogens is 1. The van der Waals surface area contributed by atoms with Crippen LogP contribution in [0.4, 0.5) is 0 Å². The van der Waals surface area contributed by atoms with E-state index >= 15 is 0 Å². The van der Waals surface area contributed by atoms with Crippen molar-refractivity contribution < 1.29 is 4.74 Å². The molecule has 16 heavy (non-hydrogen) atoms. The van der Waals surface area contributed by atoms with Gasteiger partial charge in [0.1, 0.15) is 11.9 Å². The highest BCUT2D eigenvalue weighted by molar-refractivity contribution is 9.10. The molecule has 0 aliphatic carbocycles. The summed E-state index contributed by atoms with van der Waals surface area (Å²) in [6.45, 7) is 5.14. The van der Waals surface area contributed by atoms with Gasteiger partial charge < -0.3 is 10.1 Å². The molecule has 0 heterocycles. The number of hydrogen-bond acceptors (Lipinski definition) is 2. The van der Waals surface area contributed by atoms with E-state index in [1.165, 1.54) is 5.56 Å². The average Bonchev–Trinajstić information content (AvgIpc) is 2.24. The highest BCUT2D eigenvalue weighted by Gasteiger charge is 2.08. The fourth-order valence-electron chi connectivity index (χ4n) is 1.64. The van der Waals surface area contributed by atoms with Crippen molar-refractivity contribution in [2.75, 3.05) is 13.6 Å². The lowest BCUT2D eigenvalue weighted by Crippen LogP contribution is -2.29. The van der Waals surface area contributed by atoms with Crippen molar-refractivity contribution in [3.8, 4) is 5.75 Å². The van der Waals surface area contributed by atoms with E-state index < -0.39 is 0 Å². The first-order chi connectivity index (χ1) is 7.67. The van der Waals surface area contributed by atoms with Crippen LogP contribution in [0.2, 0.25) is 0 Å². The second-order valence-corrected chi connectivity index (χ2v) is 4.85. The monoisotopic (exact) mass is 285 g/mol. The Kier molecular flexibility index (Phi) is 5.85. The predicted molar refractivity (Wildman–Crippen MR) is 72.1 cm³/mol. The van der Waals surface area contributed by atoms with E-state index in [1.54, 1.807) is 0 Å². The van der Waals surface area contributed by atoms with E-state index in [1.807, 2.05) is 19.2 Å². The maximum absolute atomic E-state index is 5.95. The number of likely N-dealkylation sites (N-methyl/N-ethyl adjacent to an activating group) is 1. The molecule has 0 aromatic heterocycles. The first-order valence-electron chi connectivity index (χ1n) is 5.74. The van der Waals surface area contributed by atoms with Crippen molar-refractivity contribution in [2.45, 2.75) is 32.8 Å². The van der Waals surface area contributed by atoms with Crippen molar-refractivity contribution in [1.82, 2.24) is 5.32 Å². The van der Waals surface area contributed by atoms with Gasteiger partial charge in [0.15, 0.2) is 0 Å². The van der Waals surface area contributed by atoms with Gasteiger partial charge in [-0.05, 0) is 44.2 Å². The molecule has 2 nitrogen and oxygen atoms in total. The molecule has 0 radical (unpaired) electrons. The van der Waals surface area contributed by atoms with Crippen LogP contribution in [0.5, 0.6) is 5.75 Å². The molecule has 1 aromatic rings. The molecule has 90 valence electrons. The zero-order chi connectivity index (χ0) is 12.0. The Morgan fingerprint density at radius 2 is 2.19 bits per heavy atom. The standard InChI is InChI=1S/C13H20BrNO/c1-4-5-12(9-15-3)16-11-6-7-13(14)10(2)8-11/h6-8,12,15H,4-5,9H2,1-3H3. The topological polar surface area (TPSA) is 21.3 Å². The smallest absolute Gasteiger partial charge is 0.120 e. The molecule has 0 aliphatic heterocycles. The van der Waals surface area contributed by atoms with Crippen LogP contribution in [0.25, 0.3) is 0 Å². The van der Waals surface area contributed by atoms with E-state index in [2.05, 4.69) is 41.2 Å². The minimum absolute atomic E-state index is 0.260. The maximum atomic E-state index is 5.95. The summed E-state index contributed by atoms with van der Waals surface area (Å²) in [4.78, 5) is 0. The molecular formula is C13H20BrNO. The van der Waals surface area contributed by atoms with Crippen LogP contribution >= 0.6 is 15.9 Å².